The summed E-state index contributed by atoms with van der Waals surface area (Å²) in [6.07, 6.45) is 2.24. The number of unbranched alkanes of at least 4 members (excludes halogenated alkanes) is 1. The van der Waals surface area contributed by atoms with E-state index in [1.165, 1.54) is 13.2 Å². The zero-order valence-corrected chi connectivity index (χ0v) is 17.3. The first-order valence-electron chi connectivity index (χ1n) is 9.80. The molecule has 3 rings (SSSR count). The number of hydrogen-bond donors (Lipinski definition) is 2. The first-order valence-corrected chi connectivity index (χ1v) is 9.80. The minimum atomic E-state index is -0.472. The summed E-state index contributed by atoms with van der Waals surface area (Å²) in [5.41, 5.74) is 1.75. The van der Waals surface area contributed by atoms with E-state index in [2.05, 4.69) is 25.8 Å². The van der Waals surface area contributed by atoms with Crippen molar-refractivity contribution < 1.29 is 13.9 Å². The molecule has 0 aliphatic carbocycles. The highest BCUT2D eigenvalue weighted by Gasteiger charge is 2.15. The van der Waals surface area contributed by atoms with Gasteiger partial charge in [-0.3, -0.25) is 9.20 Å². The molecule has 0 spiro atoms. The number of aromatic nitrogens is 4. The normalized spacial score (nSPS) is 11.4. The lowest BCUT2D eigenvalue weighted by Gasteiger charge is -2.11. The predicted octanol–water partition coefficient (Wildman–Crippen LogP) is 3.09. The number of nitrogens with zero attached hydrogens (tertiary/aromatic N) is 4. The zero-order chi connectivity index (χ0) is 21.0. The average Bonchev–Trinajstić information content (AvgIpc) is 3.05. The van der Waals surface area contributed by atoms with Gasteiger partial charge in [-0.15, -0.1) is 10.2 Å². The van der Waals surface area contributed by atoms with Crippen LogP contribution in [0, 0.1) is 18.7 Å². The van der Waals surface area contributed by atoms with Crippen molar-refractivity contribution in [3.63, 3.8) is 0 Å². The third-order valence-electron chi connectivity index (χ3n) is 4.57. The van der Waals surface area contributed by atoms with Crippen molar-refractivity contribution in [2.45, 2.75) is 40.0 Å². The molecule has 0 radical (unpaired) electrons. The van der Waals surface area contributed by atoms with E-state index < -0.39 is 5.82 Å². The van der Waals surface area contributed by atoms with Crippen LogP contribution in [0.15, 0.2) is 12.1 Å². The molecule has 2 heterocycles. The monoisotopic (exact) mass is 402 g/mol. The van der Waals surface area contributed by atoms with Gasteiger partial charge in [0.2, 0.25) is 11.6 Å². The SMILES string of the molecule is COc1cc2c(cc1F)nc(NCCCCNC(=O)CC(C)C)c1nnc(C)n12. The Morgan fingerprint density at radius 1 is 1.24 bits per heavy atom. The zero-order valence-electron chi connectivity index (χ0n) is 17.3. The van der Waals surface area contributed by atoms with Gasteiger partial charge in [-0.2, -0.15) is 0 Å². The Balaban J connectivity index is 1.69. The van der Waals surface area contributed by atoms with Crippen LogP contribution >= 0.6 is 0 Å². The summed E-state index contributed by atoms with van der Waals surface area (Å²) < 4.78 is 21.1. The van der Waals surface area contributed by atoms with Crippen LogP contribution in [0.2, 0.25) is 0 Å². The predicted molar refractivity (Wildman–Crippen MR) is 110 cm³/mol. The molecule has 0 saturated carbocycles. The van der Waals surface area contributed by atoms with Gasteiger partial charge in [0.25, 0.3) is 0 Å². The lowest BCUT2D eigenvalue weighted by atomic mass is 10.1. The Kier molecular flexibility index (Phi) is 6.46. The Bertz CT molecular complexity index is 1020. The Labute approximate surface area is 168 Å². The fraction of sp³-hybridized carbons (Fsp3) is 0.500. The maximum atomic E-state index is 14.2. The number of carbonyl (C=O) groups excluding carboxylic acids is 1. The summed E-state index contributed by atoms with van der Waals surface area (Å²) in [7, 11) is 1.43. The number of ether oxygens (including phenoxy) is 1. The Hall–Kier alpha value is -2.97. The van der Waals surface area contributed by atoms with Gasteiger partial charge in [0.1, 0.15) is 5.82 Å². The molecule has 1 amide bonds. The van der Waals surface area contributed by atoms with Crippen LogP contribution in [0.5, 0.6) is 5.75 Å². The number of anilines is 1. The second-order valence-electron chi connectivity index (χ2n) is 7.42. The second kappa shape index (κ2) is 9.02. The van der Waals surface area contributed by atoms with E-state index >= 15 is 0 Å². The smallest absolute Gasteiger partial charge is 0.220 e. The highest BCUT2D eigenvalue weighted by atomic mass is 19.1. The van der Waals surface area contributed by atoms with Crippen molar-refractivity contribution in [1.29, 1.82) is 0 Å². The average molecular weight is 402 g/mol. The van der Waals surface area contributed by atoms with Crippen molar-refractivity contribution in [3.8, 4) is 5.75 Å². The van der Waals surface area contributed by atoms with Gasteiger partial charge in [-0.25, -0.2) is 9.37 Å². The summed E-state index contributed by atoms with van der Waals surface area (Å²) in [4.78, 5) is 16.2. The molecule has 156 valence electrons. The fourth-order valence-electron chi connectivity index (χ4n) is 3.18. The quantitative estimate of drug-likeness (QED) is 0.534. The minimum Gasteiger partial charge on any atom is -0.494 e. The van der Waals surface area contributed by atoms with E-state index in [-0.39, 0.29) is 11.7 Å². The second-order valence-corrected chi connectivity index (χ2v) is 7.42. The Morgan fingerprint density at radius 3 is 2.72 bits per heavy atom. The maximum absolute atomic E-state index is 14.2. The van der Waals surface area contributed by atoms with Gasteiger partial charge in [-0.05, 0) is 25.7 Å². The van der Waals surface area contributed by atoms with Crippen LogP contribution in [0.3, 0.4) is 0 Å². The van der Waals surface area contributed by atoms with E-state index in [0.717, 1.165) is 12.8 Å². The number of rotatable bonds is 9. The molecule has 0 atom stereocenters. The van der Waals surface area contributed by atoms with Crippen LogP contribution in [0.1, 0.15) is 38.9 Å². The summed E-state index contributed by atoms with van der Waals surface area (Å²) >= 11 is 0. The molecular weight excluding hydrogens is 375 g/mol. The third-order valence-corrected chi connectivity index (χ3v) is 4.57. The molecule has 0 saturated heterocycles. The number of methoxy groups -OCH3 is 1. The standard InChI is InChI=1S/C20H27FN6O2/c1-12(2)9-18(28)22-7-5-6-8-23-19-20-26-25-13(3)27(20)16-11-17(29-4)14(21)10-15(16)24-19/h10-12H,5-9H2,1-4H3,(H,22,28)(H,23,24). The maximum Gasteiger partial charge on any atom is 0.220 e. The first kappa shape index (κ1) is 20.8. The van der Waals surface area contributed by atoms with Crippen molar-refractivity contribution >= 4 is 28.4 Å². The molecule has 3 aromatic rings. The van der Waals surface area contributed by atoms with Gasteiger partial charge in [-0.1, -0.05) is 13.8 Å². The molecule has 0 aliphatic heterocycles. The number of hydrogen-bond acceptors (Lipinski definition) is 6. The first-order chi connectivity index (χ1) is 13.9. The lowest BCUT2D eigenvalue weighted by Crippen LogP contribution is -2.25. The van der Waals surface area contributed by atoms with Gasteiger partial charge in [0, 0.05) is 31.6 Å². The number of fused-ring (bicyclic) bond motifs is 3. The summed E-state index contributed by atoms with van der Waals surface area (Å²) in [5.74, 6) is 1.34. The molecule has 0 aliphatic rings. The van der Waals surface area contributed by atoms with Crippen molar-refractivity contribution in [2.75, 3.05) is 25.5 Å². The number of aryl methyl sites for hydroxylation is 1. The number of halogens is 1. The molecule has 0 fully saturated rings. The third kappa shape index (κ3) is 4.72. The van der Waals surface area contributed by atoms with Crippen LogP contribution < -0.4 is 15.4 Å². The number of benzene rings is 1. The van der Waals surface area contributed by atoms with Crippen molar-refractivity contribution in [2.24, 2.45) is 5.92 Å². The van der Waals surface area contributed by atoms with E-state index in [4.69, 9.17) is 4.74 Å². The highest BCUT2D eigenvalue weighted by Crippen LogP contribution is 2.27. The number of amides is 1. The van der Waals surface area contributed by atoms with Crippen LogP contribution in [-0.4, -0.2) is 45.7 Å². The topological polar surface area (TPSA) is 93.4 Å². The molecule has 8 nitrogen and oxygen atoms in total. The summed E-state index contributed by atoms with van der Waals surface area (Å²) in [6.45, 7) is 7.17. The van der Waals surface area contributed by atoms with E-state index in [1.807, 2.05) is 25.2 Å². The molecular formula is C20H27FN6O2. The summed E-state index contributed by atoms with van der Waals surface area (Å²) in [6, 6.07) is 2.95. The molecule has 2 aromatic heterocycles. The van der Waals surface area contributed by atoms with Crippen LogP contribution in [-0.2, 0) is 4.79 Å². The van der Waals surface area contributed by atoms with Gasteiger partial charge >= 0.3 is 0 Å². The van der Waals surface area contributed by atoms with E-state index in [0.29, 0.717) is 53.8 Å². The van der Waals surface area contributed by atoms with Gasteiger partial charge in [0.15, 0.2) is 17.4 Å². The molecule has 9 heteroatoms. The van der Waals surface area contributed by atoms with Gasteiger partial charge in [0.05, 0.1) is 18.1 Å². The van der Waals surface area contributed by atoms with E-state index in [9.17, 15) is 9.18 Å². The minimum absolute atomic E-state index is 0.0854. The number of carbonyl (C=O) groups is 1. The Morgan fingerprint density at radius 2 is 2.00 bits per heavy atom. The fourth-order valence-corrected chi connectivity index (χ4v) is 3.18. The molecule has 29 heavy (non-hydrogen) atoms. The molecule has 1 aromatic carbocycles. The largest absolute Gasteiger partial charge is 0.494 e. The highest BCUT2D eigenvalue weighted by molar-refractivity contribution is 5.84. The molecule has 0 unspecified atom stereocenters. The molecule has 2 N–H and O–H groups in total. The number of nitrogens with one attached hydrogen (secondary N) is 2. The van der Waals surface area contributed by atoms with Crippen LogP contribution in [0.25, 0.3) is 16.7 Å². The van der Waals surface area contributed by atoms with Crippen LogP contribution in [0.4, 0.5) is 10.2 Å². The van der Waals surface area contributed by atoms with Crippen molar-refractivity contribution in [3.05, 3.63) is 23.8 Å². The van der Waals surface area contributed by atoms with E-state index in [1.54, 1.807) is 6.07 Å². The van der Waals surface area contributed by atoms with Gasteiger partial charge < -0.3 is 15.4 Å². The lowest BCUT2D eigenvalue weighted by molar-refractivity contribution is -0.121. The molecule has 0 bridgehead atoms. The van der Waals surface area contributed by atoms with Crippen molar-refractivity contribution in [1.82, 2.24) is 24.9 Å². The summed E-state index contributed by atoms with van der Waals surface area (Å²) in [5, 5.41) is 14.5.